The molecular formula is C24H26N2O3S. The van der Waals surface area contributed by atoms with E-state index < -0.39 is 0 Å². The second-order valence-electron chi connectivity index (χ2n) is 6.97. The van der Waals surface area contributed by atoms with Crippen LogP contribution in [0.5, 0.6) is 11.5 Å². The molecule has 0 spiro atoms. The molecule has 3 aromatic rings. The van der Waals surface area contributed by atoms with Crippen molar-refractivity contribution in [2.75, 3.05) is 13.7 Å². The number of ether oxygens (including phenoxy) is 2. The maximum atomic E-state index is 12.9. The van der Waals surface area contributed by atoms with Crippen molar-refractivity contribution in [3.63, 3.8) is 0 Å². The van der Waals surface area contributed by atoms with Crippen LogP contribution in [0.3, 0.4) is 0 Å². The third-order valence-corrected chi connectivity index (χ3v) is 5.64. The van der Waals surface area contributed by atoms with Gasteiger partial charge in [0.15, 0.2) is 0 Å². The van der Waals surface area contributed by atoms with Gasteiger partial charge < -0.3 is 14.4 Å². The first-order chi connectivity index (χ1) is 14.5. The number of hydrogen-bond acceptors (Lipinski definition) is 5. The van der Waals surface area contributed by atoms with Crippen molar-refractivity contribution in [1.82, 2.24) is 9.88 Å². The Bertz CT molecular complexity index is 1010. The van der Waals surface area contributed by atoms with Gasteiger partial charge in [-0.2, -0.15) is 0 Å². The monoisotopic (exact) mass is 422 g/mol. The summed E-state index contributed by atoms with van der Waals surface area (Å²) in [7, 11) is 1.60. The number of aryl methyl sites for hydroxylation is 2. The Balaban J connectivity index is 1.64. The number of hydrogen-bond donors (Lipinski definition) is 0. The number of carbonyl (C=O) groups is 1. The lowest BCUT2D eigenvalue weighted by Crippen LogP contribution is -2.30. The molecule has 156 valence electrons. The molecular weight excluding hydrogens is 396 g/mol. The maximum absolute atomic E-state index is 12.9. The smallest absolute Gasteiger partial charge is 0.254 e. The molecule has 0 N–H and O–H groups in total. The number of amides is 1. The Kier molecular flexibility index (Phi) is 7.25. The number of thiazole rings is 1. The average molecular weight is 423 g/mol. The van der Waals surface area contributed by atoms with Gasteiger partial charge >= 0.3 is 0 Å². The summed E-state index contributed by atoms with van der Waals surface area (Å²) >= 11 is 1.53. The predicted molar refractivity (Wildman–Crippen MR) is 120 cm³/mol. The molecule has 0 aliphatic carbocycles. The first kappa shape index (κ1) is 21.6. The van der Waals surface area contributed by atoms with Gasteiger partial charge in [0.25, 0.3) is 5.91 Å². The zero-order valence-corrected chi connectivity index (χ0v) is 18.4. The topological polar surface area (TPSA) is 51.7 Å². The van der Waals surface area contributed by atoms with Crippen LogP contribution < -0.4 is 9.47 Å². The highest BCUT2D eigenvalue weighted by Gasteiger charge is 2.17. The number of aromatic nitrogens is 1. The Morgan fingerprint density at radius 2 is 1.87 bits per heavy atom. The number of carbonyl (C=O) groups excluding carboxylic acids is 1. The normalized spacial score (nSPS) is 10.5. The Morgan fingerprint density at radius 1 is 1.13 bits per heavy atom. The third kappa shape index (κ3) is 5.48. The highest BCUT2D eigenvalue weighted by molar-refractivity contribution is 7.09. The highest BCUT2D eigenvalue weighted by atomic mass is 32.1. The fourth-order valence-corrected chi connectivity index (χ4v) is 3.62. The summed E-state index contributed by atoms with van der Waals surface area (Å²) in [6.07, 6.45) is 1.72. The zero-order valence-electron chi connectivity index (χ0n) is 17.6. The van der Waals surface area contributed by atoms with Crippen molar-refractivity contribution in [3.05, 3.63) is 87.9 Å². The second-order valence-corrected chi connectivity index (χ2v) is 7.91. The summed E-state index contributed by atoms with van der Waals surface area (Å²) in [4.78, 5) is 19.3. The maximum Gasteiger partial charge on any atom is 0.254 e. The molecule has 0 aliphatic heterocycles. The number of methoxy groups -OCH3 is 1. The van der Waals surface area contributed by atoms with Gasteiger partial charge in [0.1, 0.15) is 23.1 Å². The van der Waals surface area contributed by atoms with E-state index in [4.69, 9.17) is 9.47 Å². The van der Waals surface area contributed by atoms with Gasteiger partial charge in [-0.1, -0.05) is 12.1 Å². The van der Waals surface area contributed by atoms with Crippen LogP contribution in [0.4, 0.5) is 0 Å². The Morgan fingerprint density at radius 3 is 2.53 bits per heavy atom. The lowest BCUT2D eigenvalue weighted by atomic mass is 10.1. The van der Waals surface area contributed by atoms with Crippen molar-refractivity contribution >= 4 is 17.2 Å². The van der Waals surface area contributed by atoms with E-state index in [1.165, 1.54) is 22.5 Å². The van der Waals surface area contributed by atoms with Crippen molar-refractivity contribution < 1.29 is 14.3 Å². The van der Waals surface area contributed by atoms with Crippen LogP contribution in [0.2, 0.25) is 0 Å². The fraction of sp³-hybridized carbons (Fsp3) is 0.250. The van der Waals surface area contributed by atoms with Crippen LogP contribution in [-0.4, -0.2) is 29.4 Å². The van der Waals surface area contributed by atoms with Crippen LogP contribution in [0.1, 0.15) is 32.2 Å². The quantitative estimate of drug-likeness (QED) is 0.446. The third-order valence-electron chi connectivity index (χ3n) is 4.77. The number of nitrogens with zero attached hydrogens (tertiary/aromatic N) is 2. The van der Waals surface area contributed by atoms with E-state index in [2.05, 4.69) is 31.5 Å². The molecule has 0 fully saturated rings. The molecule has 1 aromatic heterocycles. The largest absolute Gasteiger partial charge is 0.497 e. The molecule has 5 nitrogen and oxygen atoms in total. The van der Waals surface area contributed by atoms with Gasteiger partial charge in [0.05, 0.1) is 19.3 Å². The predicted octanol–water partition coefficient (Wildman–Crippen LogP) is 5.18. The van der Waals surface area contributed by atoms with E-state index in [9.17, 15) is 4.79 Å². The van der Waals surface area contributed by atoms with E-state index in [1.807, 2.05) is 17.5 Å². The molecule has 0 saturated heterocycles. The van der Waals surface area contributed by atoms with E-state index >= 15 is 0 Å². The summed E-state index contributed by atoms with van der Waals surface area (Å²) in [6.45, 7) is 9.18. The number of rotatable bonds is 9. The van der Waals surface area contributed by atoms with Gasteiger partial charge in [-0.05, 0) is 61.4 Å². The standard InChI is InChI=1S/C24H26N2O3S/c1-5-12-26(24(27)19-7-10-21(28-4)11-8-19)14-20-16-30-23(25-20)15-29-22-9-6-17(2)18(3)13-22/h5-11,13,16H,1,12,14-15H2,2-4H3. The van der Waals surface area contributed by atoms with E-state index in [-0.39, 0.29) is 5.91 Å². The number of benzene rings is 2. The van der Waals surface area contributed by atoms with Crippen LogP contribution >= 0.6 is 11.3 Å². The SMILES string of the molecule is C=CCN(Cc1csc(COc2ccc(C)c(C)c2)n1)C(=O)c1ccc(OC)cc1. The summed E-state index contributed by atoms with van der Waals surface area (Å²) in [6, 6.07) is 13.1. The van der Waals surface area contributed by atoms with Gasteiger partial charge in [-0.3, -0.25) is 4.79 Å². The molecule has 6 heteroatoms. The Labute approximate surface area is 181 Å². The molecule has 1 amide bonds. The van der Waals surface area contributed by atoms with Crippen LogP contribution in [0.25, 0.3) is 0 Å². The lowest BCUT2D eigenvalue weighted by Gasteiger charge is -2.20. The van der Waals surface area contributed by atoms with Crippen molar-refractivity contribution in [1.29, 1.82) is 0 Å². The Hall–Kier alpha value is -3.12. The van der Waals surface area contributed by atoms with Crippen LogP contribution in [-0.2, 0) is 13.2 Å². The molecule has 0 bridgehead atoms. The summed E-state index contributed by atoms with van der Waals surface area (Å²) in [5, 5.41) is 2.84. The molecule has 1 heterocycles. The van der Waals surface area contributed by atoms with Crippen molar-refractivity contribution in [2.45, 2.75) is 27.0 Å². The van der Waals surface area contributed by atoms with E-state index in [1.54, 1.807) is 42.4 Å². The molecule has 2 aromatic carbocycles. The second kappa shape index (κ2) is 10.1. The summed E-state index contributed by atoms with van der Waals surface area (Å²) in [5.74, 6) is 1.48. The van der Waals surface area contributed by atoms with Gasteiger partial charge in [-0.15, -0.1) is 17.9 Å². The average Bonchev–Trinajstić information content (AvgIpc) is 3.21. The highest BCUT2D eigenvalue weighted by Crippen LogP contribution is 2.20. The minimum atomic E-state index is -0.0708. The first-order valence-corrected chi connectivity index (χ1v) is 10.6. The van der Waals surface area contributed by atoms with Crippen LogP contribution in [0.15, 0.2) is 60.5 Å². The zero-order chi connectivity index (χ0) is 21.5. The summed E-state index contributed by atoms with van der Waals surface area (Å²) < 4.78 is 11.0. The molecule has 0 aliphatic rings. The van der Waals surface area contributed by atoms with Crippen molar-refractivity contribution in [2.24, 2.45) is 0 Å². The fourth-order valence-electron chi connectivity index (χ4n) is 2.92. The molecule has 0 saturated carbocycles. The van der Waals surface area contributed by atoms with Gasteiger partial charge in [-0.25, -0.2) is 4.98 Å². The molecule has 3 rings (SSSR count). The van der Waals surface area contributed by atoms with Crippen LogP contribution in [0, 0.1) is 13.8 Å². The molecule has 0 radical (unpaired) electrons. The lowest BCUT2D eigenvalue weighted by molar-refractivity contribution is 0.0761. The minimum Gasteiger partial charge on any atom is -0.497 e. The van der Waals surface area contributed by atoms with Gasteiger partial charge in [0.2, 0.25) is 0 Å². The summed E-state index contributed by atoms with van der Waals surface area (Å²) in [5.41, 5.74) is 3.88. The van der Waals surface area contributed by atoms with E-state index in [0.717, 1.165) is 22.2 Å². The first-order valence-electron chi connectivity index (χ1n) is 9.67. The molecule has 0 atom stereocenters. The molecule has 30 heavy (non-hydrogen) atoms. The molecule has 0 unspecified atom stereocenters. The van der Waals surface area contributed by atoms with Gasteiger partial charge in [0, 0.05) is 17.5 Å². The van der Waals surface area contributed by atoms with E-state index in [0.29, 0.717) is 25.3 Å². The van der Waals surface area contributed by atoms with Crippen molar-refractivity contribution in [3.8, 4) is 11.5 Å². The minimum absolute atomic E-state index is 0.0708.